The predicted octanol–water partition coefficient (Wildman–Crippen LogP) is 1.44. The van der Waals surface area contributed by atoms with E-state index in [2.05, 4.69) is 5.43 Å². The highest BCUT2D eigenvalue weighted by molar-refractivity contribution is 7.89. The van der Waals surface area contributed by atoms with Crippen LogP contribution in [0.2, 0.25) is 0 Å². The molecule has 0 aromatic heterocycles. The molecular formula is C12H18N4O4S. The van der Waals surface area contributed by atoms with Crippen molar-refractivity contribution in [2.24, 2.45) is 5.84 Å². The molecule has 0 spiro atoms. The fourth-order valence-electron chi connectivity index (χ4n) is 2.68. The molecule has 8 nitrogen and oxygen atoms in total. The van der Waals surface area contributed by atoms with Crippen molar-refractivity contribution >= 4 is 21.4 Å². The van der Waals surface area contributed by atoms with E-state index in [4.69, 9.17) is 5.84 Å². The van der Waals surface area contributed by atoms with Crippen LogP contribution in [0, 0.1) is 10.1 Å². The van der Waals surface area contributed by atoms with Crippen molar-refractivity contribution in [2.75, 3.05) is 12.0 Å². The lowest BCUT2D eigenvalue weighted by atomic mass is 10.0. The molecule has 1 aromatic rings. The maximum atomic E-state index is 12.8. The maximum Gasteiger partial charge on any atom is 0.313 e. The third-order valence-corrected chi connectivity index (χ3v) is 5.87. The fraction of sp³-hybridized carbons (Fsp3) is 0.500. The minimum absolute atomic E-state index is 0.0296. The first kappa shape index (κ1) is 15.7. The summed E-state index contributed by atoms with van der Waals surface area (Å²) in [6, 6.07) is 4.03. The summed E-state index contributed by atoms with van der Waals surface area (Å²) in [6.45, 7) is 3.98. The number of benzene rings is 1. The van der Waals surface area contributed by atoms with Crippen LogP contribution in [0.15, 0.2) is 23.1 Å². The van der Waals surface area contributed by atoms with Crippen LogP contribution in [0.1, 0.15) is 26.7 Å². The monoisotopic (exact) mass is 314 g/mol. The first-order valence-electron chi connectivity index (χ1n) is 6.48. The van der Waals surface area contributed by atoms with Gasteiger partial charge in [-0.15, -0.1) is 0 Å². The summed E-state index contributed by atoms with van der Waals surface area (Å²) in [5, 5.41) is 11.3. The maximum absolute atomic E-state index is 12.8. The zero-order valence-electron chi connectivity index (χ0n) is 11.9. The van der Waals surface area contributed by atoms with E-state index in [1.807, 2.05) is 13.8 Å². The second-order valence-electron chi connectivity index (χ2n) is 5.55. The Morgan fingerprint density at radius 1 is 1.43 bits per heavy atom. The van der Waals surface area contributed by atoms with Crippen LogP contribution in [-0.4, -0.2) is 29.7 Å². The van der Waals surface area contributed by atoms with Gasteiger partial charge in [0.25, 0.3) is 0 Å². The van der Waals surface area contributed by atoms with Crippen molar-refractivity contribution < 1.29 is 13.3 Å². The van der Waals surface area contributed by atoms with Crippen molar-refractivity contribution in [3.63, 3.8) is 0 Å². The van der Waals surface area contributed by atoms with Gasteiger partial charge >= 0.3 is 5.69 Å². The Morgan fingerprint density at radius 3 is 2.57 bits per heavy atom. The number of nitrogens with one attached hydrogen (secondary N) is 1. The third-order valence-electron chi connectivity index (χ3n) is 3.73. The van der Waals surface area contributed by atoms with Crippen LogP contribution in [0.25, 0.3) is 0 Å². The van der Waals surface area contributed by atoms with Crippen LogP contribution < -0.4 is 11.3 Å². The first-order chi connectivity index (χ1) is 9.71. The van der Waals surface area contributed by atoms with Crippen molar-refractivity contribution in [3.8, 4) is 0 Å². The minimum Gasteiger partial charge on any atom is -0.318 e. The van der Waals surface area contributed by atoms with E-state index in [1.54, 1.807) is 0 Å². The van der Waals surface area contributed by atoms with Crippen LogP contribution in [0.3, 0.4) is 0 Å². The van der Waals surface area contributed by atoms with Gasteiger partial charge in [-0.05, 0) is 38.8 Å². The van der Waals surface area contributed by atoms with Gasteiger partial charge in [0.1, 0.15) is 5.69 Å². The highest BCUT2D eigenvalue weighted by atomic mass is 32.2. The molecule has 0 aliphatic carbocycles. The van der Waals surface area contributed by atoms with Crippen LogP contribution in [0.4, 0.5) is 11.4 Å². The molecule has 0 bridgehead atoms. The van der Waals surface area contributed by atoms with Crippen molar-refractivity contribution in [3.05, 3.63) is 28.3 Å². The number of nitrogen functional groups attached to an aromatic ring is 1. The molecule has 116 valence electrons. The molecule has 1 aromatic carbocycles. The van der Waals surface area contributed by atoms with E-state index in [9.17, 15) is 18.5 Å². The van der Waals surface area contributed by atoms with Gasteiger partial charge in [0, 0.05) is 12.1 Å². The Morgan fingerprint density at radius 2 is 2.10 bits per heavy atom. The average Bonchev–Trinajstić information content (AvgIpc) is 2.77. The zero-order valence-corrected chi connectivity index (χ0v) is 12.7. The second-order valence-corrected chi connectivity index (χ2v) is 7.38. The lowest BCUT2D eigenvalue weighted by Gasteiger charge is -2.30. The number of hydrogen-bond acceptors (Lipinski definition) is 6. The molecule has 21 heavy (non-hydrogen) atoms. The Hall–Kier alpha value is -1.71. The molecule has 0 atom stereocenters. The molecule has 3 N–H and O–H groups in total. The summed E-state index contributed by atoms with van der Waals surface area (Å²) in [5.41, 5.74) is 1.06. The third kappa shape index (κ3) is 2.59. The summed E-state index contributed by atoms with van der Waals surface area (Å²) in [6.07, 6.45) is 1.45. The van der Waals surface area contributed by atoms with E-state index in [1.165, 1.54) is 22.5 Å². The molecular weight excluding hydrogens is 296 g/mol. The molecule has 2 rings (SSSR count). The molecule has 1 heterocycles. The number of anilines is 1. The summed E-state index contributed by atoms with van der Waals surface area (Å²) < 4.78 is 26.9. The van der Waals surface area contributed by atoms with E-state index in [0.717, 1.165) is 12.8 Å². The lowest BCUT2D eigenvalue weighted by molar-refractivity contribution is -0.386. The quantitative estimate of drug-likeness (QED) is 0.493. The molecule has 1 saturated heterocycles. The Balaban J connectivity index is 2.63. The number of nitrogens with zero attached hydrogens (tertiary/aromatic N) is 2. The van der Waals surface area contributed by atoms with Crippen molar-refractivity contribution in [1.29, 1.82) is 0 Å². The van der Waals surface area contributed by atoms with E-state index in [0.29, 0.717) is 6.54 Å². The molecule has 1 aliphatic heterocycles. The van der Waals surface area contributed by atoms with E-state index < -0.39 is 26.2 Å². The summed E-state index contributed by atoms with van der Waals surface area (Å²) in [7, 11) is -3.96. The average molecular weight is 314 g/mol. The summed E-state index contributed by atoms with van der Waals surface area (Å²) >= 11 is 0. The number of hydrogen-bond donors (Lipinski definition) is 2. The number of nitro benzene ring substituents is 1. The van der Waals surface area contributed by atoms with Gasteiger partial charge in [-0.3, -0.25) is 16.0 Å². The number of nitro groups is 1. The standard InChI is InChI=1S/C12H18N4O4S/c1-12(2)7-4-8-15(12)21(19,20)10-6-3-5-9(14-13)11(10)16(17)18/h3,5-6,14H,4,7-8,13H2,1-2H3. The SMILES string of the molecule is CC1(C)CCCN1S(=O)(=O)c1cccc(NN)c1[N+](=O)[O-]. The molecule has 1 aliphatic rings. The zero-order chi connectivity index (χ0) is 15.8. The largest absolute Gasteiger partial charge is 0.318 e. The van der Waals surface area contributed by atoms with Crippen molar-refractivity contribution in [1.82, 2.24) is 4.31 Å². The predicted molar refractivity (Wildman–Crippen MR) is 78.1 cm³/mol. The molecule has 0 radical (unpaired) electrons. The van der Waals surface area contributed by atoms with Crippen molar-refractivity contribution in [2.45, 2.75) is 37.1 Å². The number of rotatable bonds is 4. The van der Waals surface area contributed by atoms with Gasteiger partial charge in [0.05, 0.1) is 4.92 Å². The molecule has 1 fully saturated rings. The summed E-state index contributed by atoms with van der Waals surface area (Å²) in [4.78, 5) is 10.2. The lowest BCUT2D eigenvalue weighted by Crippen LogP contribution is -2.42. The van der Waals surface area contributed by atoms with Gasteiger partial charge in [-0.2, -0.15) is 4.31 Å². The normalized spacial score (nSPS) is 18.6. The van der Waals surface area contributed by atoms with Gasteiger partial charge in [-0.25, -0.2) is 8.42 Å². The second kappa shape index (κ2) is 5.24. The van der Waals surface area contributed by atoms with E-state index in [-0.39, 0.29) is 10.6 Å². The molecule has 0 amide bonds. The van der Waals surface area contributed by atoms with Gasteiger partial charge in [-0.1, -0.05) is 6.07 Å². The Labute approximate surface area is 123 Å². The molecule has 0 saturated carbocycles. The number of nitrogens with two attached hydrogens (primary N) is 1. The van der Waals surface area contributed by atoms with Crippen LogP contribution in [-0.2, 0) is 10.0 Å². The smallest absolute Gasteiger partial charge is 0.313 e. The topological polar surface area (TPSA) is 119 Å². The Kier molecular flexibility index (Phi) is 3.91. The fourth-order valence-corrected chi connectivity index (χ4v) is 4.71. The number of hydrazine groups is 1. The number of para-hydroxylation sites is 1. The Bertz CT molecular complexity index is 672. The highest BCUT2D eigenvalue weighted by Gasteiger charge is 2.43. The van der Waals surface area contributed by atoms with Gasteiger partial charge < -0.3 is 5.43 Å². The van der Waals surface area contributed by atoms with E-state index >= 15 is 0 Å². The summed E-state index contributed by atoms with van der Waals surface area (Å²) in [5.74, 6) is 5.24. The van der Waals surface area contributed by atoms with Gasteiger partial charge in [0.15, 0.2) is 4.90 Å². The van der Waals surface area contributed by atoms with Gasteiger partial charge in [0.2, 0.25) is 10.0 Å². The highest BCUT2D eigenvalue weighted by Crippen LogP contribution is 2.39. The first-order valence-corrected chi connectivity index (χ1v) is 7.92. The number of sulfonamides is 1. The minimum atomic E-state index is -3.96. The molecule has 0 unspecified atom stereocenters. The van der Waals surface area contributed by atoms with Crippen LogP contribution in [0.5, 0.6) is 0 Å². The molecule has 9 heteroatoms. The van der Waals surface area contributed by atoms with Crippen LogP contribution >= 0.6 is 0 Å².